The Morgan fingerprint density at radius 1 is 0.955 bits per heavy atom. The van der Waals surface area contributed by atoms with E-state index in [1.807, 2.05) is 18.2 Å². The average Bonchev–Trinajstić information content (AvgIpc) is 3.00. The van der Waals surface area contributed by atoms with E-state index < -0.39 is 5.82 Å². The first kappa shape index (κ1) is 14.3. The zero-order valence-corrected chi connectivity index (χ0v) is 12.3. The van der Waals surface area contributed by atoms with E-state index in [0.29, 0.717) is 17.2 Å². The van der Waals surface area contributed by atoms with Gasteiger partial charge in [0.25, 0.3) is 0 Å². The Morgan fingerprint density at radius 3 is 2.45 bits per heavy atom. The summed E-state index contributed by atoms with van der Waals surface area (Å²) in [5, 5.41) is 0. The van der Waals surface area contributed by atoms with Gasteiger partial charge in [-0.25, -0.2) is 4.39 Å². The summed E-state index contributed by atoms with van der Waals surface area (Å²) in [6.07, 6.45) is 3.66. The van der Waals surface area contributed by atoms with Crippen molar-refractivity contribution in [3.63, 3.8) is 0 Å². The van der Waals surface area contributed by atoms with Crippen molar-refractivity contribution in [2.24, 2.45) is 0 Å². The van der Waals surface area contributed by atoms with Gasteiger partial charge in [-0.05, 0) is 35.4 Å². The lowest BCUT2D eigenvalue weighted by atomic mass is 10.1. The van der Waals surface area contributed by atoms with E-state index in [1.54, 1.807) is 25.3 Å². The highest BCUT2D eigenvalue weighted by Crippen LogP contribution is 2.42. The number of rotatable bonds is 4. The van der Waals surface area contributed by atoms with Gasteiger partial charge in [-0.15, -0.1) is 0 Å². The van der Waals surface area contributed by atoms with Gasteiger partial charge >= 0.3 is 0 Å². The zero-order chi connectivity index (χ0) is 15.5. The van der Waals surface area contributed by atoms with Gasteiger partial charge in [0.1, 0.15) is 0 Å². The van der Waals surface area contributed by atoms with Crippen LogP contribution < -0.4 is 18.9 Å². The van der Waals surface area contributed by atoms with Crippen molar-refractivity contribution in [2.45, 2.75) is 0 Å². The molecule has 3 rings (SSSR count). The molecule has 0 spiro atoms. The normalized spacial score (nSPS) is 12.7. The predicted molar refractivity (Wildman–Crippen MR) is 81.0 cm³/mol. The molecule has 4 nitrogen and oxygen atoms in total. The van der Waals surface area contributed by atoms with E-state index in [9.17, 15) is 4.39 Å². The minimum Gasteiger partial charge on any atom is -0.494 e. The van der Waals surface area contributed by atoms with E-state index in [0.717, 1.165) is 11.1 Å². The summed E-state index contributed by atoms with van der Waals surface area (Å²) in [4.78, 5) is 0. The van der Waals surface area contributed by atoms with Crippen LogP contribution in [0.3, 0.4) is 0 Å². The summed E-state index contributed by atoms with van der Waals surface area (Å²) in [7, 11) is 3.01. The molecular formula is C17H15FO4. The Balaban J connectivity index is 1.88. The van der Waals surface area contributed by atoms with Gasteiger partial charge in [-0.2, -0.15) is 0 Å². The second-order valence-electron chi connectivity index (χ2n) is 4.68. The molecule has 0 saturated carbocycles. The Labute approximate surface area is 127 Å². The van der Waals surface area contributed by atoms with E-state index in [4.69, 9.17) is 18.9 Å². The van der Waals surface area contributed by atoms with Crippen LogP contribution in [0.4, 0.5) is 4.39 Å². The van der Waals surface area contributed by atoms with Crippen LogP contribution in [0.2, 0.25) is 0 Å². The summed E-state index contributed by atoms with van der Waals surface area (Å²) < 4.78 is 34.6. The Morgan fingerprint density at radius 2 is 1.73 bits per heavy atom. The van der Waals surface area contributed by atoms with Crippen molar-refractivity contribution >= 4 is 12.2 Å². The van der Waals surface area contributed by atoms with Crippen LogP contribution in [-0.2, 0) is 0 Å². The second kappa shape index (κ2) is 5.97. The fraction of sp³-hybridized carbons (Fsp3) is 0.176. The summed E-state index contributed by atoms with van der Waals surface area (Å²) in [5.74, 6) is 1.68. The molecule has 0 aliphatic carbocycles. The van der Waals surface area contributed by atoms with Crippen LogP contribution in [0.25, 0.3) is 12.2 Å². The predicted octanol–water partition coefficient (Wildman–Crippen LogP) is 3.74. The van der Waals surface area contributed by atoms with Gasteiger partial charge in [0.2, 0.25) is 12.5 Å². The lowest BCUT2D eigenvalue weighted by Crippen LogP contribution is -1.93. The number of ether oxygens (including phenoxy) is 4. The maximum atomic E-state index is 13.7. The molecule has 0 saturated heterocycles. The van der Waals surface area contributed by atoms with Gasteiger partial charge in [0, 0.05) is 0 Å². The molecule has 0 fully saturated rings. The van der Waals surface area contributed by atoms with E-state index >= 15 is 0 Å². The van der Waals surface area contributed by atoms with Gasteiger partial charge < -0.3 is 18.9 Å². The number of hydrogen-bond acceptors (Lipinski definition) is 4. The fourth-order valence-corrected chi connectivity index (χ4v) is 2.22. The van der Waals surface area contributed by atoms with E-state index in [2.05, 4.69) is 0 Å². The molecule has 0 unspecified atom stereocenters. The number of fused-ring (bicyclic) bond motifs is 1. The molecule has 0 aromatic heterocycles. The quantitative estimate of drug-likeness (QED) is 0.806. The smallest absolute Gasteiger partial charge is 0.231 e. The fourth-order valence-electron chi connectivity index (χ4n) is 2.22. The van der Waals surface area contributed by atoms with Crippen molar-refractivity contribution in [1.29, 1.82) is 0 Å². The van der Waals surface area contributed by atoms with Crippen molar-refractivity contribution in [1.82, 2.24) is 0 Å². The largest absolute Gasteiger partial charge is 0.494 e. The summed E-state index contributed by atoms with van der Waals surface area (Å²) in [5.41, 5.74) is 1.60. The first-order chi connectivity index (χ1) is 10.7. The molecular weight excluding hydrogens is 287 g/mol. The average molecular weight is 302 g/mol. The third-order valence-corrected chi connectivity index (χ3v) is 3.32. The van der Waals surface area contributed by atoms with Gasteiger partial charge in [0.15, 0.2) is 23.1 Å². The Hall–Kier alpha value is -2.69. The Kier molecular flexibility index (Phi) is 3.87. The molecule has 0 radical (unpaired) electrons. The summed E-state index contributed by atoms with van der Waals surface area (Å²) >= 11 is 0. The highest BCUT2D eigenvalue weighted by Gasteiger charge is 2.19. The SMILES string of the molecule is COc1ccc(/C=C\c2cc(OC)c3c(c2)OCO3)cc1F. The monoisotopic (exact) mass is 302 g/mol. The first-order valence-corrected chi connectivity index (χ1v) is 6.70. The molecule has 0 N–H and O–H groups in total. The number of hydrogen-bond donors (Lipinski definition) is 0. The van der Waals surface area contributed by atoms with Gasteiger partial charge in [0.05, 0.1) is 14.2 Å². The Bertz CT molecular complexity index is 725. The van der Waals surface area contributed by atoms with Crippen LogP contribution in [-0.4, -0.2) is 21.0 Å². The molecule has 2 aromatic carbocycles. The third kappa shape index (κ3) is 2.70. The topological polar surface area (TPSA) is 36.9 Å². The minimum atomic E-state index is -0.395. The van der Waals surface area contributed by atoms with Crippen LogP contribution in [0.5, 0.6) is 23.0 Å². The van der Waals surface area contributed by atoms with Gasteiger partial charge in [-0.3, -0.25) is 0 Å². The van der Waals surface area contributed by atoms with Crippen molar-refractivity contribution in [2.75, 3.05) is 21.0 Å². The highest BCUT2D eigenvalue weighted by molar-refractivity contribution is 5.73. The second-order valence-corrected chi connectivity index (χ2v) is 4.68. The number of benzene rings is 2. The molecule has 5 heteroatoms. The number of halogens is 1. The summed E-state index contributed by atoms with van der Waals surface area (Å²) in [6, 6.07) is 8.47. The molecule has 1 heterocycles. The lowest BCUT2D eigenvalue weighted by Gasteiger charge is -2.06. The molecule has 2 aromatic rings. The van der Waals surface area contributed by atoms with Crippen molar-refractivity contribution in [3.8, 4) is 23.0 Å². The molecule has 0 atom stereocenters. The summed E-state index contributed by atoms with van der Waals surface area (Å²) in [6.45, 7) is 0.183. The van der Waals surface area contributed by atoms with Crippen LogP contribution >= 0.6 is 0 Å². The van der Waals surface area contributed by atoms with Crippen LogP contribution in [0.1, 0.15) is 11.1 Å². The third-order valence-electron chi connectivity index (χ3n) is 3.32. The van der Waals surface area contributed by atoms with E-state index in [1.165, 1.54) is 13.2 Å². The molecule has 1 aliphatic rings. The molecule has 114 valence electrons. The molecule has 0 bridgehead atoms. The van der Waals surface area contributed by atoms with Crippen LogP contribution in [0.15, 0.2) is 30.3 Å². The number of methoxy groups -OCH3 is 2. The van der Waals surface area contributed by atoms with Crippen molar-refractivity contribution < 1.29 is 23.3 Å². The minimum absolute atomic E-state index is 0.183. The maximum Gasteiger partial charge on any atom is 0.231 e. The molecule has 22 heavy (non-hydrogen) atoms. The first-order valence-electron chi connectivity index (χ1n) is 6.70. The molecule has 1 aliphatic heterocycles. The zero-order valence-electron chi connectivity index (χ0n) is 12.3. The van der Waals surface area contributed by atoms with E-state index in [-0.39, 0.29) is 12.5 Å². The van der Waals surface area contributed by atoms with Crippen molar-refractivity contribution in [3.05, 3.63) is 47.3 Å². The van der Waals surface area contributed by atoms with Crippen LogP contribution in [0, 0.1) is 5.82 Å². The lowest BCUT2D eigenvalue weighted by molar-refractivity contribution is 0.171. The standard InChI is InChI=1S/C17H15FO4/c1-19-14-6-5-11(7-13(14)18)3-4-12-8-15(20-2)17-16(9-12)21-10-22-17/h3-9H,10H2,1-2H3/b4-3-. The maximum absolute atomic E-state index is 13.7. The molecule has 0 amide bonds. The highest BCUT2D eigenvalue weighted by atomic mass is 19.1. The van der Waals surface area contributed by atoms with Gasteiger partial charge in [-0.1, -0.05) is 18.2 Å².